The highest BCUT2D eigenvalue weighted by molar-refractivity contribution is 6.25. The lowest BCUT2D eigenvalue weighted by molar-refractivity contribution is -0.158. The first-order valence-corrected chi connectivity index (χ1v) is 14.9. The molecule has 1 saturated heterocycles. The fourth-order valence-corrected chi connectivity index (χ4v) is 5.00. The summed E-state index contributed by atoms with van der Waals surface area (Å²) in [6.07, 6.45) is -1.63. The van der Waals surface area contributed by atoms with Crippen LogP contribution in [0.5, 0.6) is 0 Å². The average molecular weight is 624 g/mol. The molecule has 0 spiro atoms. The van der Waals surface area contributed by atoms with E-state index in [-0.39, 0.29) is 37.6 Å². The Morgan fingerprint density at radius 3 is 2.33 bits per heavy atom. The van der Waals surface area contributed by atoms with Gasteiger partial charge in [-0.25, -0.2) is 9.69 Å². The minimum absolute atomic E-state index is 0.0648. The van der Waals surface area contributed by atoms with Crippen LogP contribution in [0.15, 0.2) is 60.7 Å². The van der Waals surface area contributed by atoms with Crippen molar-refractivity contribution >= 4 is 35.1 Å². The molecule has 4 unspecified atom stereocenters. The number of aliphatic hydroxyl groups is 1. The minimum atomic E-state index is -1.60. The molecule has 45 heavy (non-hydrogen) atoms. The highest BCUT2D eigenvalue weighted by Crippen LogP contribution is 2.34. The van der Waals surface area contributed by atoms with Gasteiger partial charge in [0.15, 0.2) is 17.7 Å². The molecule has 1 fully saturated rings. The van der Waals surface area contributed by atoms with Crippen molar-refractivity contribution in [3.05, 3.63) is 77.4 Å². The number of ether oxygens (including phenoxy) is 4. The Kier molecular flexibility index (Phi) is 13.6. The van der Waals surface area contributed by atoms with E-state index in [0.717, 1.165) is 23.5 Å². The lowest BCUT2D eigenvalue weighted by atomic mass is 9.92. The molecule has 1 N–H and O–H groups in total. The van der Waals surface area contributed by atoms with Crippen molar-refractivity contribution in [2.45, 2.75) is 58.8 Å². The molecule has 1 aliphatic rings. The van der Waals surface area contributed by atoms with Crippen LogP contribution in [0.25, 0.3) is 5.57 Å². The van der Waals surface area contributed by atoms with Gasteiger partial charge in [-0.2, -0.15) is 0 Å². The number of esters is 1. The van der Waals surface area contributed by atoms with E-state index in [1.807, 2.05) is 19.1 Å². The smallest absolute Gasteiger partial charge is 0.417 e. The van der Waals surface area contributed by atoms with Gasteiger partial charge in [0.2, 0.25) is 5.91 Å². The first-order valence-electron chi connectivity index (χ1n) is 14.9. The number of amides is 2. The summed E-state index contributed by atoms with van der Waals surface area (Å²) in [5, 5.41) is 8.75. The van der Waals surface area contributed by atoms with Crippen molar-refractivity contribution in [3.8, 4) is 0 Å². The highest BCUT2D eigenvalue weighted by atomic mass is 16.6. The highest BCUT2D eigenvalue weighted by Gasteiger charge is 2.47. The van der Waals surface area contributed by atoms with Gasteiger partial charge in [-0.1, -0.05) is 60.2 Å². The molecular weight excluding hydrogens is 582 g/mol. The molecule has 2 amide bonds. The summed E-state index contributed by atoms with van der Waals surface area (Å²) in [6, 6.07) is 15.3. The van der Waals surface area contributed by atoms with Crippen LogP contribution in [0, 0.1) is 12.8 Å². The lowest BCUT2D eigenvalue weighted by Crippen LogP contribution is -2.47. The van der Waals surface area contributed by atoms with Crippen molar-refractivity contribution in [2.75, 3.05) is 33.0 Å². The summed E-state index contributed by atoms with van der Waals surface area (Å²) in [5.41, 5.74) is 2.16. The van der Waals surface area contributed by atoms with E-state index in [0.29, 0.717) is 30.8 Å². The van der Waals surface area contributed by atoms with Gasteiger partial charge in [0.25, 0.3) is 0 Å². The molecule has 11 heteroatoms. The van der Waals surface area contributed by atoms with Crippen molar-refractivity contribution in [1.82, 2.24) is 4.90 Å². The quantitative estimate of drug-likeness (QED) is 0.156. The number of rotatable bonds is 17. The number of benzene rings is 2. The van der Waals surface area contributed by atoms with Gasteiger partial charge in [-0.3, -0.25) is 19.2 Å². The molecule has 11 nitrogen and oxygen atoms in total. The Morgan fingerprint density at radius 1 is 1.00 bits per heavy atom. The van der Waals surface area contributed by atoms with Crippen LogP contribution in [0.4, 0.5) is 4.79 Å². The van der Waals surface area contributed by atoms with Crippen LogP contribution in [-0.4, -0.2) is 84.7 Å². The topological polar surface area (TPSA) is 146 Å². The maximum atomic E-state index is 13.7. The number of Topliss-reactive ketones (excluding diaryl/α,β-unsaturated/α-hetero) is 1. The van der Waals surface area contributed by atoms with E-state index in [1.54, 1.807) is 49.4 Å². The van der Waals surface area contributed by atoms with E-state index in [1.165, 1.54) is 6.92 Å². The summed E-state index contributed by atoms with van der Waals surface area (Å²) < 4.78 is 21.5. The summed E-state index contributed by atoms with van der Waals surface area (Å²) in [5.74, 6) is -3.92. The molecule has 4 atom stereocenters. The van der Waals surface area contributed by atoms with Gasteiger partial charge in [0.1, 0.15) is 6.10 Å². The monoisotopic (exact) mass is 623 g/mol. The van der Waals surface area contributed by atoms with E-state index in [2.05, 4.69) is 0 Å². The van der Waals surface area contributed by atoms with Gasteiger partial charge in [0.05, 0.1) is 38.4 Å². The molecule has 1 aliphatic heterocycles. The molecular formula is C34H41NO10. The van der Waals surface area contributed by atoms with Crippen LogP contribution < -0.4 is 0 Å². The normalized spacial score (nSPS) is 17.8. The van der Waals surface area contributed by atoms with Gasteiger partial charge >= 0.3 is 12.1 Å². The third-order valence-electron chi connectivity index (χ3n) is 7.27. The van der Waals surface area contributed by atoms with Crippen molar-refractivity contribution in [1.29, 1.82) is 0 Å². The first kappa shape index (κ1) is 35.3. The Balaban J connectivity index is 1.81. The van der Waals surface area contributed by atoms with E-state index >= 15 is 0 Å². The third-order valence-corrected chi connectivity index (χ3v) is 7.27. The van der Waals surface area contributed by atoms with Crippen molar-refractivity contribution in [2.24, 2.45) is 5.92 Å². The Morgan fingerprint density at radius 2 is 1.69 bits per heavy atom. The second-order valence-corrected chi connectivity index (χ2v) is 10.8. The summed E-state index contributed by atoms with van der Waals surface area (Å²) in [7, 11) is 0. The number of hydrogen-bond acceptors (Lipinski definition) is 10. The molecule has 0 aliphatic carbocycles. The molecule has 2 aromatic rings. The van der Waals surface area contributed by atoms with Crippen LogP contribution >= 0.6 is 0 Å². The SMILES string of the molecule is CC(=O)OC(C(=O)C=C(C(=O)CCCOCCOCCO)c1cccc(C)c1)C(C)C(=O)N1C(=O)OC(c2ccccc2)C1C. The largest absolute Gasteiger partial charge is 0.453 e. The van der Waals surface area contributed by atoms with Gasteiger partial charge in [0, 0.05) is 25.5 Å². The first-order chi connectivity index (χ1) is 21.5. The summed E-state index contributed by atoms with van der Waals surface area (Å²) in [6.45, 7) is 7.05. The van der Waals surface area contributed by atoms with E-state index in [9.17, 15) is 24.0 Å². The number of hydrogen-bond donors (Lipinski definition) is 1. The average Bonchev–Trinajstić information content (AvgIpc) is 3.32. The van der Waals surface area contributed by atoms with Crippen LogP contribution in [0.1, 0.15) is 56.4 Å². The maximum Gasteiger partial charge on any atom is 0.417 e. The lowest BCUT2D eigenvalue weighted by Gasteiger charge is -2.26. The predicted molar refractivity (Wildman–Crippen MR) is 164 cm³/mol. The standard InChI is InChI=1S/C34H41NO10/c1-22-10-8-13-27(20-22)28(29(38)14-9-16-42-18-19-43-17-15-36)21-30(39)31(44-25(4)37)23(2)33(40)35-24(3)32(45-34(35)41)26-11-6-5-7-12-26/h5-8,10-13,20-21,23-24,31-32,36H,9,14-19H2,1-4H3. The number of imide groups is 1. The number of carbonyl (C=O) groups excluding carboxylic acids is 5. The number of allylic oxidation sites excluding steroid dienone is 1. The minimum Gasteiger partial charge on any atom is -0.453 e. The van der Waals surface area contributed by atoms with E-state index < -0.39 is 47.9 Å². The Bertz CT molecular complexity index is 1370. The summed E-state index contributed by atoms with van der Waals surface area (Å²) in [4.78, 5) is 66.6. The molecule has 242 valence electrons. The predicted octanol–water partition coefficient (Wildman–Crippen LogP) is 4.00. The maximum absolute atomic E-state index is 13.7. The number of nitrogens with zero attached hydrogens (tertiary/aromatic N) is 1. The Hall–Kier alpha value is -4.19. The zero-order valence-electron chi connectivity index (χ0n) is 26.1. The number of aryl methyl sites for hydroxylation is 1. The molecule has 2 aromatic carbocycles. The van der Waals surface area contributed by atoms with Crippen molar-refractivity contribution in [3.63, 3.8) is 0 Å². The molecule has 0 bridgehead atoms. The number of cyclic esters (lactones) is 1. The van der Waals surface area contributed by atoms with Gasteiger partial charge in [-0.15, -0.1) is 0 Å². The molecule has 0 saturated carbocycles. The number of carbonyl (C=O) groups is 5. The zero-order valence-corrected chi connectivity index (χ0v) is 26.1. The fourth-order valence-electron chi connectivity index (χ4n) is 5.00. The second-order valence-electron chi connectivity index (χ2n) is 10.8. The molecule has 3 rings (SSSR count). The van der Waals surface area contributed by atoms with E-state index in [4.69, 9.17) is 24.1 Å². The van der Waals surface area contributed by atoms with Crippen LogP contribution in [0.3, 0.4) is 0 Å². The summed E-state index contributed by atoms with van der Waals surface area (Å²) >= 11 is 0. The number of ketones is 2. The molecule has 1 heterocycles. The number of aliphatic hydroxyl groups excluding tert-OH is 1. The van der Waals surface area contributed by atoms with Crippen LogP contribution in [0.2, 0.25) is 0 Å². The van der Waals surface area contributed by atoms with Gasteiger partial charge in [-0.05, 0) is 44.4 Å². The fraction of sp³-hybridized carbons (Fsp3) is 0.441. The zero-order chi connectivity index (χ0) is 32.9. The van der Waals surface area contributed by atoms with Gasteiger partial charge < -0.3 is 24.1 Å². The molecule has 0 aromatic heterocycles. The Labute approximate surface area is 263 Å². The second kappa shape index (κ2) is 17.3. The molecule has 0 radical (unpaired) electrons. The van der Waals surface area contributed by atoms with Crippen molar-refractivity contribution < 1.29 is 48.0 Å². The van der Waals surface area contributed by atoms with Crippen LogP contribution in [-0.2, 0) is 38.1 Å². The third kappa shape index (κ3) is 9.90.